The Hall–Kier alpha value is -0.610. The van der Waals surface area contributed by atoms with E-state index < -0.39 is 0 Å². The number of nitrogens with zero attached hydrogens (tertiary/aromatic N) is 1. The molecule has 1 aliphatic rings. The third kappa shape index (κ3) is 5.80. The van der Waals surface area contributed by atoms with E-state index >= 15 is 0 Å². The van der Waals surface area contributed by atoms with Crippen molar-refractivity contribution < 1.29 is 4.79 Å². The van der Waals surface area contributed by atoms with Crippen LogP contribution in [0.4, 0.5) is 0 Å². The molecule has 4 heteroatoms. The van der Waals surface area contributed by atoms with Gasteiger partial charge in [0.25, 0.3) is 0 Å². The van der Waals surface area contributed by atoms with Crippen LogP contribution in [0, 0.1) is 0 Å². The molecule has 0 radical (unpaired) electrons. The predicted octanol–water partition coefficient (Wildman–Crippen LogP) is 2.14. The molecule has 0 aliphatic heterocycles. The number of rotatable bonds is 8. The summed E-state index contributed by atoms with van der Waals surface area (Å²) in [5.74, 6) is 0.151. The smallest absolute Gasteiger partial charge is 0.237 e. The first-order valence-corrected chi connectivity index (χ1v) is 8.21. The maximum absolute atomic E-state index is 12.1. The van der Waals surface area contributed by atoms with Crippen molar-refractivity contribution in [2.24, 2.45) is 0 Å². The Morgan fingerprint density at radius 1 is 1.10 bits per heavy atom. The molecule has 1 atom stereocenters. The van der Waals surface area contributed by atoms with Crippen LogP contribution in [0.5, 0.6) is 0 Å². The fourth-order valence-electron chi connectivity index (χ4n) is 3.01. The molecule has 0 heterocycles. The van der Waals surface area contributed by atoms with Crippen LogP contribution in [0.2, 0.25) is 0 Å². The van der Waals surface area contributed by atoms with Crippen LogP contribution < -0.4 is 10.6 Å². The van der Waals surface area contributed by atoms with E-state index in [0.29, 0.717) is 18.1 Å². The molecule has 1 rings (SSSR count). The van der Waals surface area contributed by atoms with Gasteiger partial charge in [-0.05, 0) is 47.5 Å². The minimum absolute atomic E-state index is 0.100. The average Bonchev–Trinajstić information content (AvgIpc) is 2.85. The maximum Gasteiger partial charge on any atom is 0.237 e. The number of carbonyl (C=O) groups excluding carboxylic acids is 1. The van der Waals surface area contributed by atoms with Gasteiger partial charge in [0.15, 0.2) is 0 Å². The van der Waals surface area contributed by atoms with Crippen molar-refractivity contribution >= 4 is 5.91 Å². The topological polar surface area (TPSA) is 44.4 Å². The highest BCUT2D eigenvalue weighted by Gasteiger charge is 2.20. The third-order valence-corrected chi connectivity index (χ3v) is 4.24. The Labute approximate surface area is 124 Å². The Bertz CT molecular complexity index is 277. The number of nitrogens with one attached hydrogen (secondary N) is 2. The summed E-state index contributed by atoms with van der Waals surface area (Å²) >= 11 is 0. The first-order chi connectivity index (χ1) is 9.41. The minimum Gasteiger partial charge on any atom is -0.352 e. The zero-order valence-corrected chi connectivity index (χ0v) is 13.9. The second kappa shape index (κ2) is 8.63. The van der Waals surface area contributed by atoms with E-state index in [0.717, 1.165) is 25.9 Å². The Morgan fingerprint density at radius 3 is 2.15 bits per heavy atom. The summed E-state index contributed by atoms with van der Waals surface area (Å²) in [7, 11) is 0. The van der Waals surface area contributed by atoms with Gasteiger partial charge < -0.3 is 10.6 Å². The fraction of sp³-hybridized carbons (Fsp3) is 0.938. The standard InChI is InChI=1S/C16H33N3O/c1-12(2)19(13(3)4)11-10-17-14(5)16(20)18-15-8-6-7-9-15/h12-15,17H,6-11H2,1-5H3,(H,18,20)/t14-/m1/s1. The molecular formula is C16H33N3O. The Morgan fingerprint density at radius 2 is 1.65 bits per heavy atom. The molecule has 118 valence electrons. The molecule has 0 aromatic carbocycles. The lowest BCUT2D eigenvalue weighted by atomic mass is 10.2. The lowest BCUT2D eigenvalue weighted by Gasteiger charge is -2.31. The number of carbonyl (C=O) groups is 1. The molecule has 20 heavy (non-hydrogen) atoms. The maximum atomic E-state index is 12.1. The van der Waals surface area contributed by atoms with E-state index in [1.54, 1.807) is 0 Å². The number of hydrogen-bond donors (Lipinski definition) is 2. The summed E-state index contributed by atoms with van der Waals surface area (Å²) in [6.45, 7) is 12.7. The molecule has 4 nitrogen and oxygen atoms in total. The molecule has 0 aromatic rings. The van der Waals surface area contributed by atoms with E-state index in [1.165, 1.54) is 12.8 Å². The quantitative estimate of drug-likeness (QED) is 0.717. The Balaban J connectivity index is 2.24. The minimum atomic E-state index is -0.100. The molecule has 0 aromatic heterocycles. The molecule has 2 N–H and O–H groups in total. The summed E-state index contributed by atoms with van der Waals surface area (Å²) in [6.07, 6.45) is 4.80. The lowest BCUT2D eigenvalue weighted by Crippen LogP contribution is -2.48. The normalized spacial score (nSPS) is 18.2. The van der Waals surface area contributed by atoms with E-state index in [2.05, 4.69) is 43.2 Å². The molecule has 0 unspecified atom stereocenters. The van der Waals surface area contributed by atoms with E-state index in [9.17, 15) is 4.79 Å². The SMILES string of the molecule is CC(C)N(CCN[C@H](C)C(=O)NC1CCCC1)C(C)C. The van der Waals surface area contributed by atoms with Gasteiger partial charge in [-0.2, -0.15) is 0 Å². The van der Waals surface area contributed by atoms with Crippen LogP contribution in [-0.4, -0.2) is 48.1 Å². The summed E-state index contributed by atoms with van der Waals surface area (Å²) in [4.78, 5) is 14.5. The van der Waals surface area contributed by atoms with Gasteiger partial charge in [-0.3, -0.25) is 9.69 Å². The molecule has 0 spiro atoms. The van der Waals surface area contributed by atoms with Gasteiger partial charge in [0.2, 0.25) is 5.91 Å². The first-order valence-electron chi connectivity index (χ1n) is 8.21. The van der Waals surface area contributed by atoms with Gasteiger partial charge >= 0.3 is 0 Å². The molecule has 1 aliphatic carbocycles. The number of hydrogen-bond acceptors (Lipinski definition) is 3. The van der Waals surface area contributed by atoms with E-state index in [1.807, 2.05) is 6.92 Å². The monoisotopic (exact) mass is 283 g/mol. The van der Waals surface area contributed by atoms with E-state index in [-0.39, 0.29) is 11.9 Å². The van der Waals surface area contributed by atoms with Crippen molar-refractivity contribution in [1.82, 2.24) is 15.5 Å². The molecule has 1 saturated carbocycles. The van der Waals surface area contributed by atoms with Gasteiger partial charge in [0, 0.05) is 31.2 Å². The van der Waals surface area contributed by atoms with Gasteiger partial charge in [0.1, 0.15) is 0 Å². The van der Waals surface area contributed by atoms with Gasteiger partial charge in [-0.1, -0.05) is 12.8 Å². The number of amides is 1. The van der Waals surface area contributed by atoms with Gasteiger partial charge in [-0.15, -0.1) is 0 Å². The molecule has 1 fully saturated rings. The highest BCUT2D eigenvalue weighted by Crippen LogP contribution is 2.17. The van der Waals surface area contributed by atoms with Crippen molar-refractivity contribution in [3.8, 4) is 0 Å². The van der Waals surface area contributed by atoms with Crippen LogP contribution in [-0.2, 0) is 4.79 Å². The summed E-state index contributed by atoms with van der Waals surface area (Å²) in [5, 5.41) is 6.49. The second-order valence-electron chi connectivity index (χ2n) is 6.59. The van der Waals surface area contributed by atoms with Crippen LogP contribution >= 0.6 is 0 Å². The first kappa shape index (κ1) is 17.4. The average molecular weight is 283 g/mol. The zero-order chi connectivity index (χ0) is 15.1. The van der Waals surface area contributed by atoms with E-state index in [4.69, 9.17) is 0 Å². The lowest BCUT2D eigenvalue weighted by molar-refractivity contribution is -0.123. The van der Waals surface area contributed by atoms with Crippen molar-refractivity contribution in [1.29, 1.82) is 0 Å². The van der Waals surface area contributed by atoms with Crippen molar-refractivity contribution in [2.45, 2.75) is 84.5 Å². The van der Waals surface area contributed by atoms with Gasteiger partial charge in [-0.25, -0.2) is 0 Å². The van der Waals surface area contributed by atoms with Gasteiger partial charge in [0.05, 0.1) is 6.04 Å². The Kier molecular flexibility index (Phi) is 7.52. The van der Waals surface area contributed by atoms with Crippen molar-refractivity contribution in [2.75, 3.05) is 13.1 Å². The summed E-state index contributed by atoms with van der Waals surface area (Å²) in [6, 6.07) is 1.39. The fourth-order valence-corrected chi connectivity index (χ4v) is 3.01. The van der Waals surface area contributed by atoms with Crippen molar-refractivity contribution in [3.05, 3.63) is 0 Å². The van der Waals surface area contributed by atoms with Crippen molar-refractivity contribution in [3.63, 3.8) is 0 Å². The molecular weight excluding hydrogens is 250 g/mol. The second-order valence-corrected chi connectivity index (χ2v) is 6.59. The zero-order valence-electron chi connectivity index (χ0n) is 13.9. The summed E-state index contributed by atoms with van der Waals surface area (Å²) in [5.41, 5.74) is 0. The largest absolute Gasteiger partial charge is 0.352 e. The molecule has 1 amide bonds. The molecule has 0 saturated heterocycles. The molecule has 0 bridgehead atoms. The highest BCUT2D eigenvalue weighted by atomic mass is 16.2. The third-order valence-electron chi connectivity index (χ3n) is 4.24. The highest BCUT2D eigenvalue weighted by molar-refractivity contribution is 5.81. The van der Waals surface area contributed by atoms with Crippen LogP contribution in [0.15, 0.2) is 0 Å². The predicted molar refractivity (Wildman–Crippen MR) is 84.8 cm³/mol. The van der Waals surface area contributed by atoms with Crippen LogP contribution in [0.25, 0.3) is 0 Å². The van der Waals surface area contributed by atoms with Crippen LogP contribution in [0.3, 0.4) is 0 Å². The summed E-state index contributed by atoms with van der Waals surface area (Å²) < 4.78 is 0. The van der Waals surface area contributed by atoms with Crippen LogP contribution in [0.1, 0.15) is 60.3 Å².